The third-order valence-electron chi connectivity index (χ3n) is 3.38. The molecular weight excluding hydrogens is 234 g/mol. The lowest BCUT2D eigenvalue weighted by Gasteiger charge is -2.23. The van der Waals surface area contributed by atoms with Crippen LogP contribution < -0.4 is 0 Å². The Kier molecular flexibility index (Phi) is 5.59. The van der Waals surface area contributed by atoms with Crippen molar-refractivity contribution in [3.8, 4) is 0 Å². The zero-order valence-electron chi connectivity index (χ0n) is 11.4. The van der Waals surface area contributed by atoms with Crippen LogP contribution in [0.1, 0.15) is 39.5 Å². The molecule has 1 aliphatic rings. The van der Waals surface area contributed by atoms with Gasteiger partial charge in [-0.2, -0.15) is 0 Å². The van der Waals surface area contributed by atoms with E-state index in [1.807, 2.05) is 0 Å². The van der Waals surface area contributed by atoms with E-state index in [-0.39, 0.29) is 24.5 Å². The van der Waals surface area contributed by atoms with Crippen LogP contribution in [0.15, 0.2) is 0 Å². The number of amides is 1. The Morgan fingerprint density at radius 3 is 2.61 bits per heavy atom. The van der Waals surface area contributed by atoms with Crippen molar-refractivity contribution < 1.29 is 19.4 Å². The lowest BCUT2D eigenvalue weighted by Crippen LogP contribution is -2.37. The lowest BCUT2D eigenvalue weighted by atomic mass is 10.1. The maximum Gasteiger partial charge on any atom is 0.305 e. The van der Waals surface area contributed by atoms with Gasteiger partial charge in [0.1, 0.15) is 0 Å². The van der Waals surface area contributed by atoms with Gasteiger partial charge in [0.15, 0.2) is 0 Å². The molecular formula is C13H23NO4. The van der Waals surface area contributed by atoms with E-state index in [9.17, 15) is 9.59 Å². The number of carboxylic acid groups (broad SMARTS) is 1. The number of nitrogens with zero attached hydrogens (tertiary/aromatic N) is 1. The number of hydrogen-bond acceptors (Lipinski definition) is 3. The molecule has 1 heterocycles. The average molecular weight is 257 g/mol. The van der Waals surface area contributed by atoms with Gasteiger partial charge >= 0.3 is 5.97 Å². The molecule has 2 unspecified atom stereocenters. The van der Waals surface area contributed by atoms with Crippen molar-refractivity contribution in [1.29, 1.82) is 0 Å². The van der Waals surface area contributed by atoms with Crippen LogP contribution in [0.25, 0.3) is 0 Å². The molecule has 2 atom stereocenters. The second-order valence-electron chi connectivity index (χ2n) is 5.32. The fourth-order valence-electron chi connectivity index (χ4n) is 2.30. The van der Waals surface area contributed by atoms with Crippen molar-refractivity contribution in [2.75, 3.05) is 13.7 Å². The van der Waals surface area contributed by atoms with Gasteiger partial charge in [-0.15, -0.1) is 0 Å². The Bertz CT molecular complexity index is 303. The summed E-state index contributed by atoms with van der Waals surface area (Å²) < 4.78 is 5.24. The molecule has 1 saturated heterocycles. The summed E-state index contributed by atoms with van der Waals surface area (Å²) in [6.45, 7) is 4.67. The fourth-order valence-corrected chi connectivity index (χ4v) is 2.30. The van der Waals surface area contributed by atoms with E-state index in [0.717, 1.165) is 6.42 Å². The highest BCUT2D eigenvalue weighted by Gasteiger charge is 2.36. The van der Waals surface area contributed by atoms with Gasteiger partial charge in [0.2, 0.25) is 5.91 Å². The smallest absolute Gasteiger partial charge is 0.305 e. The van der Waals surface area contributed by atoms with Gasteiger partial charge < -0.3 is 14.7 Å². The molecule has 104 valence electrons. The SMILES string of the molecule is COC1CC(CC(=O)O)N(C(=O)CCC(C)C)C1. The van der Waals surface area contributed by atoms with Crippen molar-refractivity contribution in [2.45, 2.75) is 51.7 Å². The Balaban J connectivity index is 2.58. The second kappa shape index (κ2) is 6.73. The molecule has 1 rings (SSSR count). The van der Waals surface area contributed by atoms with E-state index in [4.69, 9.17) is 9.84 Å². The van der Waals surface area contributed by atoms with E-state index >= 15 is 0 Å². The minimum absolute atomic E-state index is 0.00722. The van der Waals surface area contributed by atoms with Crippen molar-refractivity contribution in [3.63, 3.8) is 0 Å². The van der Waals surface area contributed by atoms with E-state index < -0.39 is 5.97 Å². The minimum Gasteiger partial charge on any atom is -0.481 e. The summed E-state index contributed by atoms with van der Waals surface area (Å²) in [7, 11) is 1.60. The number of carbonyl (C=O) groups excluding carboxylic acids is 1. The maximum absolute atomic E-state index is 12.1. The second-order valence-corrected chi connectivity index (χ2v) is 5.32. The monoisotopic (exact) mass is 257 g/mol. The van der Waals surface area contributed by atoms with Crippen molar-refractivity contribution in [2.24, 2.45) is 5.92 Å². The first-order valence-electron chi connectivity index (χ1n) is 6.48. The number of likely N-dealkylation sites (tertiary alicyclic amines) is 1. The van der Waals surface area contributed by atoms with Gasteiger partial charge in [-0.1, -0.05) is 13.8 Å². The molecule has 5 heteroatoms. The number of ether oxygens (including phenoxy) is 1. The van der Waals surface area contributed by atoms with Crippen LogP contribution in [0.3, 0.4) is 0 Å². The topological polar surface area (TPSA) is 66.8 Å². The van der Waals surface area contributed by atoms with Crippen LogP contribution >= 0.6 is 0 Å². The van der Waals surface area contributed by atoms with Crippen LogP contribution in [0.2, 0.25) is 0 Å². The molecule has 0 spiro atoms. The van der Waals surface area contributed by atoms with Crippen LogP contribution in [0.4, 0.5) is 0 Å². The zero-order valence-corrected chi connectivity index (χ0v) is 11.4. The quantitative estimate of drug-likeness (QED) is 0.783. The third kappa shape index (κ3) is 4.29. The van der Waals surface area contributed by atoms with Crippen LogP contribution in [0, 0.1) is 5.92 Å². The molecule has 0 aromatic carbocycles. The van der Waals surface area contributed by atoms with Gasteiger partial charge in [0.25, 0.3) is 0 Å². The highest BCUT2D eigenvalue weighted by molar-refractivity contribution is 5.78. The van der Waals surface area contributed by atoms with Crippen LogP contribution in [-0.4, -0.2) is 47.7 Å². The molecule has 0 bridgehead atoms. The third-order valence-corrected chi connectivity index (χ3v) is 3.38. The van der Waals surface area contributed by atoms with Crippen molar-refractivity contribution in [1.82, 2.24) is 4.90 Å². The van der Waals surface area contributed by atoms with Crippen LogP contribution in [0.5, 0.6) is 0 Å². The molecule has 1 aliphatic heterocycles. The normalized spacial score (nSPS) is 23.7. The van der Waals surface area contributed by atoms with E-state index in [2.05, 4.69) is 13.8 Å². The summed E-state index contributed by atoms with van der Waals surface area (Å²) in [6.07, 6.45) is 1.93. The van der Waals surface area contributed by atoms with Crippen molar-refractivity contribution >= 4 is 11.9 Å². The summed E-state index contributed by atoms with van der Waals surface area (Å²) >= 11 is 0. The first-order chi connectivity index (χ1) is 8.43. The summed E-state index contributed by atoms with van der Waals surface area (Å²) in [5, 5.41) is 8.87. The highest BCUT2D eigenvalue weighted by atomic mass is 16.5. The standard InChI is InChI=1S/C13H23NO4/c1-9(2)4-5-12(15)14-8-11(18-3)6-10(14)7-13(16)17/h9-11H,4-8H2,1-3H3,(H,16,17). The maximum atomic E-state index is 12.1. The van der Waals surface area contributed by atoms with E-state index in [0.29, 0.717) is 25.3 Å². The lowest BCUT2D eigenvalue weighted by molar-refractivity contribution is -0.140. The summed E-state index contributed by atoms with van der Waals surface area (Å²) in [6, 6.07) is -0.216. The molecule has 18 heavy (non-hydrogen) atoms. The Labute approximate surface area is 108 Å². The zero-order chi connectivity index (χ0) is 13.7. The fraction of sp³-hybridized carbons (Fsp3) is 0.846. The molecule has 0 aromatic rings. The van der Waals surface area contributed by atoms with Gasteiger partial charge in [0.05, 0.1) is 12.5 Å². The van der Waals surface area contributed by atoms with E-state index in [1.54, 1.807) is 12.0 Å². The van der Waals surface area contributed by atoms with E-state index in [1.165, 1.54) is 0 Å². The van der Waals surface area contributed by atoms with Crippen LogP contribution in [-0.2, 0) is 14.3 Å². The molecule has 1 N–H and O–H groups in total. The van der Waals surface area contributed by atoms with Gasteiger partial charge in [-0.3, -0.25) is 9.59 Å². The molecule has 0 aromatic heterocycles. The molecule has 5 nitrogen and oxygen atoms in total. The summed E-state index contributed by atoms with van der Waals surface area (Å²) in [5.74, 6) is -0.333. The summed E-state index contributed by atoms with van der Waals surface area (Å²) in [5.41, 5.74) is 0. The molecule has 0 saturated carbocycles. The molecule has 0 radical (unpaired) electrons. The van der Waals surface area contributed by atoms with Crippen molar-refractivity contribution in [3.05, 3.63) is 0 Å². The van der Waals surface area contributed by atoms with Gasteiger partial charge in [-0.25, -0.2) is 0 Å². The molecule has 1 fully saturated rings. The average Bonchev–Trinajstić information content (AvgIpc) is 2.68. The predicted molar refractivity (Wildman–Crippen MR) is 67.2 cm³/mol. The number of hydrogen-bond donors (Lipinski definition) is 1. The Morgan fingerprint density at radius 1 is 1.44 bits per heavy atom. The summed E-state index contributed by atoms with van der Waals surface area (Å²) in [4.78, 5) is 24.6. The number of methoxy groups -OCH3 is 1. The number of aliphatic carboxylic acids is 1. The van der Waals surface area contributed by atoms with Gasteiger partial charge in [0, 0.05) is 26.1 Å². The largest absolute Gasteiger partial charge is 0.481 e. The number of rotatable bonds is 6. The first-order valence-corrected chi connectivity index (χ1v) is 6.48. The van der Waals surface area contributed by atoms with Gasteiger partial charge in [-0.05, 0) is 18.8 Å². The number of carbonyl (C=O) groups is 2. The Morgan fingerprint density at radius 2 is 2.11 bits per heavy atom. The Hall–Kier alpha value is -1.10. The highest BCUT2D eigenvalue weighted by Crippen LogP contribution is 2.24. The number of carboxylic acids is 1. The molecule has 1 amide bonds. The predicted octanol–water partition coefficient (Wildman–Crippen LogP) is 1.51. The minimum atomic E-state index is -0.863. The molecule has 0 aliphatic carbocycles. The first kappa shape index (κ1) is 15.0.